The third-order valence-electron chi connectivity index (χ3n) is 1.97. The Labute approximate surface area is 104 Å². The lowest BCUT2D eigenvalue weighted by Crippen LogP contribution is -2.38. The minimum absolute atomic E-state index is 0.111. The van der Waals surface area contributed by atoms with Crippen LogP contribution in [-0.4, -0.2) is 31.6 Å². The number of nitrogens with one attached hydrogen (secondary N) is 2. The topological polar surface area (TPSA) is 119 Å². The molecular weight excluding hydrogens is 236 g/mol. The van der Waals surface area contributed by atoms with Crippen molar-refractivity contribution in [1.82, 2.24) is 10.6 Å². The van der Waals surface area contributed by atoms with Crippen molar-refractivity contribution in [2.45, 2.75) is 0 Å². The fraction of sp³-hybridized carbons (Fsp3) is 0.273. The number of primary amides is 1. The number of hydrogen-bond donors (Lipinski definition) is 4. The zero-order chi connectivity index (χ0) is 13.4. The first-order chi connectivity index (χ1) is 8.58. The largest absolute Gasteiger partial charge is 0.484 e. The molecule has 6 N–H and O–H groups in total. The summed E-state index contributed by atoms with van der Waals surface area (Å²) in [6, 6.07) is 6.17. The standard InChI is InChI=1S/C11H16N4O3/c12-8-2-1-3-9(6-8)18-7-10(16)14-4-5-15-11(13)17/h1-3,6H,4-5,7,12H2,(H,14,16)(H3,13,15,17). The van der Waals surface area contributed by atoms with E-state index in [0.29, 0.717) is 18.0 Å². The van der Waals surface area contributed by atoms with Crippen LogP contribution in [0.2, 0.25) is 0 Å². The summed E-state index contributed by atoms with van der Waals surface area (Å²) >= 11 is 0. The minimum Gasteiger partial charge on any atom is -0.484 e. The highest BCUT2D eigenvalue weighted by Crippen LogP contribution is 2.13. The van der Waals surface area contributed by atoms with Gasteiger partial charge >= 0.3 is 6.03 Å². The first kappa shape index (κ1) is 13.6. The molecule has 1 aromatic carbocycles. The maximum absolute atomic E-state index is 11.3. The molecule has 0 aromatic heterocycles. The van der Waals surface area contributed by atoms with E-state index in [1.54, 1.807) is 24.3 Å². The predicted octanol–water partition coefficient (Wildman–Crippen LogP) is -0.568. The molecule has 0 spiro atoms. The molecule has 0 bridgehead atoms. The van der Waals surface area contributed by atoms with Gasteiger partial charge in [0.2, 0.25) is 0 Å². The van der Waals surface area contributed by atoms with E-state index in [4.69, 9.17) is 16.2 Å². The Balaban J connectivity index is 2.19. The molecule has 0 aliphatic heterocycles. The number of nitrogens with two attached hydrogens (primary N) is 2. The van der Waals surface area contributed by atoms with Crippen LogP contribution in [0.1, 0.15) is 0 Å². The number of ether oxygens (including phenoxy) is 1. The number of urea groups is 1. The van der Waals surface area contributed by atoms with E-state index in [-0.39, 0.29) is 19.1 Å². The van der Waals surface area contributed by atoms with Crippen molar-refractivity contribution in [2.75, 3.05) is 25.4 Å². The van der Waals surface area contributed by atoms with E-state index in [1.165, 1.54) is 0 Å². The Bertz CT molecular complexity index is 423. The van der Waals surface area contributed by atoms with Gasteiger partial charge in [0.15, 0.2) is 6.61 Å². The molecule has 0 radical (unpaired) electrons. The van der Waals surface area contributed by atoms with Crippen LogP contribution in [0.25, 0.3) is 0 Å². The number of carbonyl (C=O) groups is 2. The first-order valence-corrected chi connectivity index (χ1v) is 5.36. The van der Waals surface area contributed by atoms with Crippen molar-refractivity contribution in [2.24, 2.45) is 5.73 Å². The fourth-order valence-corrected chi connectivity index (χ4v) is 1.19. The summed E-state index contributed by atoms with van der Waals surface area (Å²) in [5.41, 5.74) is 11.0. The Morgan fingerprint density at radius 1 is 1.22 bits per heavy atom. The maximum atomic E-state index is 11.3. The van der Waals surface area contributed by atoms with E-state index >= 15 is 0 Å². The second-order valence-electron chi connectivity index (χ2n) is 3.50. The fourth-order valence-electron chi connectivity index (χ4n) is 1.19. The normalized spacial score (nSPS) is 9.56. The number of hydrogen-bond acceptors (Lipinski definition) is 4. The van der Waals surface area contributed by atoms with Gasteiger partial charge in [0.05, 0.1) is 0 Å². The molecule has 0 aliphatic rings. The quantitative estimate of drug-likeness (QED) is 0.400. The second kappa shape index (κ2) is 7.00. The molecule has 3 amide bonds. The second-order valence-corrected chi connectivity index (χ2v) is 3.50. The van der Waals surface area contributed by atoms with Crippen molar-refractivity contribution in [3.8, 4) is 5.75 Å². The molecule has 98 valence electrons. The van der Waals surface area contributed by atoms with Gasteiger partial charge in [-0.15, -0.1) is 0 Å². The molecule has 1 aromatic rings. The van der Waals surface area contributed by atoms with Gasteiger partial charge in [-0.1, -0.05) is 6.07 Å². The van der Waals surface area contributed by atoms with Crippen LogP contribution in [-0.2, 0) is 4.79 Å². The van der Waals surface area contributed by atoms with E-state index in [2.05, 4.69) is 10.6 Å². The number of carbonyl (C=O) groups excluding carboxylic acids is 2. The van der Waals surface area contributed by atoms with Gasteiger partial charge in [0.1, 0.15) is 5.75 Å². The van der Waals surface area contributed by atoms with E-state index in [1.807, 2.05) is 0 Å². The molecule has 0 aliphatic carbocycles. The average molecular weight is 252 g/mol. The van der Waals surface area contributed by atoms with Gasteiger partial charge in [-0.3, -0.25) is 4.79 Å². The first-order valence-electron chi connectivity index (χ1n) is 5.36. The summed E-state index contributed by atoms with van der Waals surface area (Å²) < 4.78 is 5.22. The highest BCUT2D eigenvalue weighted by molar-refractivity contribution is 5.77. The van der Waals surface area contributed by atoms with Crippen molar-refractivity contribution >= 4 is 17.6 Å². The molecule has 0 saturated carbocycles. The molecular formula is C11H16N4O3. The lowest BCUT2D eigenvalue weighted by atomic mass is 10.3. The monoisotopic (exact) mass is 252 g/mol. The third-order valence-corrected chi connectivity index (χ3v) is 1.97. The van der Waals surface area contributed by atoms with Crippen LogP contribution < -0.4 is 26.8 Å². The van der Waals surface area contributed by atoms with Gasteiger partial charge in [0, 0.05) is 24.8 Å². The summed E-state index contributed by atoms with van der Waals surface area (Å²) in [5.74, 6) is 0.240. The smallest absolute Gasteiger partial charge is 0.312 e. The van der Waals surface area contributed by atoms with Crippen molar-refractivity contribution in [1.29, 1.82) is 0 Å². The number of rotatable bonds is 6. The van der Waals surface area contributed by atoms with Crippen LogP contribution in [0.3, 0.4) is 0 Å². The highest BCUT2D eigenvalue weighted by Gasteiger charge is 2.02. The lowest BCUT2D eigenvalue weighted by Gasteiger charge is -2.08. The molecule has 18 heavy (non-hydrogen) atoms. The maximum Gasteiger partial charge on any atom is 0.312 e. The third kappa shape index (κ3) is 5.59. The SMILES string of the molecule is NC(=O)NCCNC(=O)COc1cccc(N)c1. The van der Waals surface area contributed by atoms with E-state index < -0.39 is 6.03 Å². The highest BCUT2D eigenvalue weighted by atomic mass is 16.5. The number of anilines is 1. The number of nitrogen functional groups attached to an aromatic ring is 1. The summed E-state index contributed by atoms with van der Waals surface area (Å²) in [6.45, 7) is 0.460. The van der Waals surface area contributed by atoms with Crippen molar-refractivity contribution in [3.05, 3.63) is 24.3 Å². The van der Waals surface area contributed by atoms with Crippen LogP contribution in [0, 0.1) is 0 Å². The average Bonchev–Trinajstić information content (AvgIpc) is 2.32. The van der Waals surface area contributed by atoms with Gasteiger partial charge in [-0.2, -0.15) is 0 Å². The van der Waals surface area contributed by atoms with Gasteiger partial charge in [0.25, 0.3) is 5.91 Å². The van der Waals surface area contributed by atoms with E-state index in [9.17, 15) is 9.59 Å². The summed E-state index contributed by atoms with van der Waals surface area (Å²) in [4.78, 5) is 21.7. The van der Waals surface area contributed by atoms with Gasteiger partial charge in [-0.25, -0.2) is 4.79 Å². The molecule has 0 fully saturated rings. The molecule has 7 heteroatoms. The molecule has 7 nitrogen and oxygen atoms in total. The zero-order valence-corrected chi connectivity index (χ0v) is 9.81. The molecule has 0 saturated heterocycles. The van der Waals surface area contributed by atoms with Crippen LogP contribution in [0.15, 0.2) is 24.3 Å². The summed E-state index contributed by atoms with van der Waals surface area (Å²) in [6.07, 6.45) is 0. The zero-order valence-electron chi connectivity index (χ0n) is 9.81. The van der Waals surface area contributed by atoms with E-state index in [0.717, 1.165) is 0 Å². The van der Waals surface area contributed by atoms with Crippen LogP contribution in [0.5, 0.6) is 5.75 Å². The summed E-state index contributed by atoms with van der Waals surface area (Å²) in [7, 11) is 0. The predicted molar refractivity (Wildman–Crippen MR) is 66.9 cm³/mol. The van der Waals surface area contributed by atoms with Crippen LogP contribution >= 0.6 is 0 Å². The van der Waals surface area contributed by atoms with Crippen molar-refractivity contribution < 1.29 is 14.3 Å². The van der Waals surface area contributed by atoms with Crippen molar-refractivity contribution in [3.63, 3.8) is 0 Å². The van der Waals surface area contributed by atoms with Gasteiger partial charge in [-0.05, 0) is 12.1 Å². The lowest BCUT2D eigenvalue weighted by molar-refractivity contribution is -0.123. The van der Waals surface area contributed by atoms with Crippen LogP contribution in [0.4, 0.5) is 10.5 Å². The molecule has 0 unspecified atom stereocenters. The Hall–Kier alpha value is -2.44. The molecule has 0 heterocycles. The Morgan fingerprint density at radius 3 is 2.61 bits per heavy atom. The summed E-state index contributed by atoms with van der Waals surface area (Å²) in [5, 5.41) is 4.91. The molecule has 1 rings (SSSR count). The Kier molecular flexibility index (Phi) is 5.30. The Morgan fingerprint density at radius 2 is 1.94 bits per heavy atom. The van der Waals surface area contributed by atoms with Gasteiger partial charge < -0.3 is 26.8 Å². The number of benzene rings is 1. The molecule has 0 atom stereocenters. The minimum atomic E-state index is -0.625. The number of amides is 3.